The van der Waals surface area contributed by atoms with Crippen molar-refractivity contribution in [1.82, 2.24) is 5.32 Å². The second-order valence-corrected chi connectivity index (χ2v) is 4.91. The smallest absolute Gasteiger partial charge is 0.480 e. The lowest BCUT2D eigenvalue weighted by molar-refractivity contribution is -0.138. The molecule has 17 heavy (non-hydrogen) atoms. The summed E-state index contributed by atoms with van der Waals surface area (Å²) in [6.45, 7) is 0. The first-order chi connectivity index (χ1) is 8.09. The Hall–Kier alpha value is -1.02. The predicted octanol–water partition coefficient (Wildman–Crippen LogP) is -0.845. The summed E-state index contributed by atoms with van der Waals surface area (Å²) in [5, 5.41) is 30.1. The lowest BCUT2D eigenvalue weighted by Crippen LogP contribution is -2.38. The number of carboxylic acids is 1. The molecule has 90 valence electrons. The Bertz CT molecular complexity index is 429. The highest BCUT2D eigenvalue weighted by Gasteiger charge is 2.32. The van der Waals surface area contributed by atoms with Gasteiger partial charge in [0.05, 0.1) is 5.37 Å². The Morgan fingerprint density at radius 3 is 2.71 bits per heavy atom. The molecule has 0 spiro atoms. The summed E-state index contributed by atoms with van der Waals surface area (Å²) in [5.41, 5.74) is 1.12. The van der Waals surface area contributed by atoms with Crippen LogP contribution in [0.5, 0.6) is 0 Å². The number of aliphatic carboxylic acids is 1. The van der Waals surface area contributed by atoms with Crippen LogP contribution in [0.4, 0.5) is 0 Å². The maximum absolute atomic E-state index is 10.8. The average molecular weight is 253 g/mol. The third-order valence-electron chi connectivity index (χ3n) is 2.64. The standard InChI is InChI=1S/C10H12BNO4S/c13-10(14)8-5-17-9(12-8)6-3-1-2-4-7(6)11(15)16/h1-4,8-9,12,15-16H,5H2,(H,13,14)/t8-,9?/m0/s1. The summed E-state index contributed by atoms with van der Waals surface area (Å²) in [6, 6.07) is 6.30. The van der Waals surface area contributed by atoms with E-state index in [9.17, 15) is 14.8 Å². The number of hydrogen-bond donors (Lipinski definition) is 4. The molecule has 5 nitrogen and oxygen atoms in total. The lowest BCUT2D eigenvalue weighted by atomic mass is 9.77. The highest BCUT2D eigenvalue weighted by atomic mass is 32.2. The fourth-order valence-electron chi connectivity index (χ4n) is 1.78. The van der Waals surface area contributed by atoms with E-state index in [1.165, 1.54) is 11.8 Å². The van der Waals surface area contributed by atoms with Gasteiger partial charge in [-0.05, 0) is 11.0 Å². The zero-order valence-corrected chi connectivity index (χ0v) is 9.72. The highest BCUT2D eigenvalue weighted by molar-refractivity contribution is 7.99. The number of benzene rings is 1. The molecule has 0 aliphatic carbocycles. The number of hydrogen-bond acceptors (Lipinski definition) is 5. The van der Waals surface area contributed by atoms with E-state index in [1.807, 2.05) is 0 Å². The van der Waals surface area contributed by atoms with Crippen molar-refractivity contribution in [1.29, 1.82) is 0 Å². The highest BCUT2D eigenvalue weighted by Crippen LogP contribution is 2.31. The molecule has 0 radical (unpaired) electrons. The van der Waals surface area contributed by atoms with Crippen molar-refractivity contribution >= 4 is 30.3 Å². The third-order valence-corrected chi connectivity index (χ3v) is 3.89. The molecule has 0 bridgehead atoms. The van der Waals surface area contributed by atoms with E-state index in [-0.39, 0.29) is 5.37 Å². The van der Waals surface area contributed by atoms with Gasteiger partial charge in [0, 0.05) is 5.75 Å². The maximum atomic E-state index is 10.8. The van der Waals surface area contributed by atoms with E-state index in [4.69, 9.17) is 5.11 Å². The quantitative estimate of drug-likeness (QED) is 0.525. The molecule has 1 heterocycles. The molecular formula is C10H12BNO4S. The van der Waals surface area contributed by atoms with E-state index in [1.54, 1.807) is 24.3 Å². The Labute approximate surface area is 103 Å². The Kier molecular flexibility index (Phi) is 3.73. The van der Waals surface area contributed by atoms with Gasteiger partial charge in [0.15, 0.2) is 0 Å². The SMILES string of the molecule is O=C(O)[C@@H]1CSC(c2ccccc2B(O)O)N1. The second-order valence-electron chi connectivity index (χ2n) is 3.77. The fraction of sp³-hybridized carbons (Fsp3) is 0.300. The van der Waals surface area contributed by atoms with E-state index < -0.39 is 19.1 Å². The van der Waals surface area contributed by atoms with Crippen molar-refractivity contribution < 1.29 is 19.9 Å². The Morgan fingerprint density at radius 2 is 2.12 bits per heavy atom. The van der Waals surface area contributed by atoms with Crippen LogP contribution in [0, 0.1) is 0 Å². The molecule has 0 saturated carbocycles. The van der Waals surface area contributed by atoms with Crippen LogP contribution >= 0.6 is 11.8 Å². The van der Waals surface area contributed by atoms with Crippen LogP contribution in [0.15, 0.2) is 24.3 Å². The van der Waals surface area contributed by atoms with Gasteiger partial charge in [-0.1, -0.05) is 24.3 Å². The molecule has 1 unspecified atom stereocenters. The van der Waals surface area contributed by atoms with Crippen molar-refractivity contribution in [3.05, 3.63) is 29.8 Å². The van der Waals surface area contributed by atoms with Crippen molar-refractivity contribution in [2.24, 2.45) is 0 Å². The minimum absolute atomic E-state index is 0.214. The van der Waals surface area contributed by atoms with E-state index >= 15 is 0 Å². The van der Waals surface area contributed by atoms with Crippen LogP contribution in [0.1, 0.15) is 10.9 Å². The predicted molar refractivity (Wildman–Crippen MR) is 66.0 cm³/mol. The van der Waals surface area contributed by atoms with Gasteiger partial charge in [0.25, 0.3) is 0 Å². The monoisotopic (exact) mass is 253 g/mol. The van der Waals surface area contributed by atoms with Crippen LogP contribution in [0.2, 0.25) is 0 Å². The van der Waals surface area contributed by atoms with Crippen LogP contribution in [0.25, 0.3) is 0 Å². The molecule has 4 N–H and O–H groups in total. The number of carbonyl (C=O) groups is 1. The first-order valence-corrected chi connectivity index (χ1v) is 6.20. The molecule has 1 aromatic rings. The molecule has 0 amide bonds. The second kappa shape index (κ2) is 5.09. The van der Waals surface area contributed by atoms with Crippen molar-refractivity contribution in [2.45, 2.75) is 11.4 Å². The largest absolute Gasteiger partial charge is 0.488 e. The molecule has 2 atom stereocenters. The molecule has 1 saturated heterocycles. The first-order valence-electron chi connectivity index (χ1n) is 5.15. The molecule has 7 heteroatoms. The summed E-state index contributed by atoms with van der Waals surface area (Å²) < 4.78 is 0. The summed E-state index contributed by atoms with van der Waals surface area (Å²) >= 11 is 1.45. The van der Waals surface area contributed by atoms with Gasteiger partial charge in [0.2, 0.25) is 0 Å². The Morgan fingerprint density at radius 1 is 1.41 bits per heavy atom. The lowest BCUT2D eigenvalue weighted by Gasteiger charge is -2.15. The molecule has 0 aromatic heterocycles. The summed E-state index contributed by atoms with van der Waals surface area (Å²) in [5.74, 6) is -0.419. The topological polar surface area (TPSA) is 89.8 Å². The van der Waals surface area contributed by atoms with E-state index in [0.717, 1.165) is 5.56 Å². The molecule has 1 aliphatic heterocycles. The first kappa shape index (κ1) is 12.4. The number of rotatable bonds is 3. The van der Waals surface area contributed by atoms with E-state index in [2.05, 4.69) is 5.32 Å². The van der Waals surface area contributed by atoms with Gasteiger partial charge in [0.1, 0.15) is 6.04 Å². The van der Waals surface area contributed by atoms with Crippen molar-refractivity contribution in [3.8, 4) is 0 Å². The Balaban J connectivity index is 2.21. The van der Waals surface area contributed by atoms with Gasteiger partial charge < -0.3 is 15.2 Å². The minimum Gasteiger partial charge on any atom is -0.480 e. The fourth-order valence-corrected chi connectivity index (χ4v) is 3.06. The minimum atomic E-state index is -1.54. The average Bonchev–Trinajstić information content (AvgIpc) is 2.78. The molecule has 1 aliphatic rings. The summed E-state index contributed by atoms with van der Waals surface area (Å²) in [7, 11) is -1.54. The molecule has 1 aromatic carbocycles. The van der Waals surface area contributed by atoms with Crippen LogP contribution < -0.4 is 10.8 Å². The zero-order valence-electron chi connectivity index (χ0n) is 8.91. The van der Waals surface area contributed by atoms with Gasteiger partial charge in [-0.3, -0.25) is 10.1 Å². The van der Waals surface area contributed by atoms with Crippen molar-refractivity contribution in [3.63, 3.8) is 0 Å². The molecular weight excluding hydrogens is 241 g/mol. The van der Waals surface area contributed by atoms with Crippen molar-refractivity contribution in [2.75, 3.05) is 5.75 Å². The summed E-state index contributed by atoms with van der Waals surface area (Å²) in [4.78, 5) is 10.8. The maximum Gasteiger partial charge on any atom is 0.488 e. The normalized spacial score (nSPS) is 23.6. The van der Waals surface area contributed by atoms with Crippen LogP contribution in [-0.2, 0) is 4.79 Å². The van der Waals surface area contributed by atoms with Crippen LogP contribution in [-0.4, -0.2) is 40.0 Å². The third kappa shape index (κ3) is 2.63. The van der Waals surface area contributed by atoms with Gasteiger partial charge in [-0.25, -0.2) is 0 Å². The van der Waals surface area contributed by atoms with Crippen LogP contribution in [0.3, 0.4) is 0 Å². The summed E-state index contributed by atoms with van der Waals surface area (Å²) in [6.07, 6.45) is 0. The number of thioether (sulfide) groups is 1. The van der Waals surface area contributed by atoms with Gasteiger partial charge in [-0.2, -0.15) is 0 Å². The van der Waals surface area contributed by atoms with E-state index in [0.29, 0.717) is 11.2 Å². The zero-order chi connectivity index (χ0) is 12.4. The van der Waals surface area contributed by atoms with Gasteiger partial charge >= 0.3 is 13.1 Å². The molecule has 1 fully saturated rings. The number of nitrogens with one attached hydrogen (secondary N) is 1. The number of carboxylic acid groups (broad SMARTS) is 1. The van der Waals surface area contributed by atoms with Gasteiger partial charge in [-0.15, -0.1) is 11.8 Å². The molecule has 2 rings (SSSR count).